The first-order chi connectivity index (χ1) is 5.41. The molecule has 0 bridgehead atoms. The molecule has 0 heterocycles. The number of nitrogens with one attached hydrogen (secondary N) is 1. The predicted octanol–water partition coefficient (Wildman–Crippen LogP) is 2.50. The van der Waals surface area contributed by atoms with Crippen LogP contribution >= 0.6 is 15.9 Å². The van der Waals surface area contributed by atoms with Gasteiger partial charge in [0.2, 0.25) is 0 Å². The highest BCUT2D eigenvalue weighted by Gasteiger charge is 1.88. The Labute approximate surface area is 76.9 Å². The fourth-order valence-electron chi connectivity index (χ4n) is 0.838. The van der Waals surface area contributed by atoms with Gasteiger partial charge in [-0.05, 0) is 32.4 Å². The average molecular weight is 226 g/mol. The first-order valence-electron chi connectivity index (χ1n) is 4.24. The Morgan fingerprint density at radius 2 is 1.73 bits per heavy atom. The van der Waals surface area contributed by atoms with Crippen molar-refractivity contribution in [1.82, 2.24) is 5.32 Å². The molecule has 0 aliphatic carbocycles. The molecule has 3 heteroatoms. The lowest BCUT2D eigenvalue weighted by Crippen LogP contribution is -2.16. The van der Waals surface area contributed by atoms with Gasteiger partial charge in [-0.3, -0.25) is 4.39 Å². The lowest BCUT2D eigenvalue weighted by atomic mass is 10.2. The summed E-state index contributed by atoms with van der Waals surface area (Å²) in [4.78, 5) is 0. The normalized spacial score (nSPS) is 10.4. The summed E-state index contributed by atoms with van der Waals surface area (Å²) < 4.78 is 11.6. The average Bonchev–Trinajstić information content (AvgIpc) is 2.03. The van der Waals surface area contributed by atoms with Gasteiger partial charge in [0.1, 0.15) is 0 Å². The maximum absolute atomic E-state index is 11.6. The van der Waals surface area contributed by atoms with Crippen LogP contribution < -0.4 is 5.32 Å². The predicted molar refractivity (Wildman–Crippen MR) is 51.1 cm³/mol. The van der Waals surface area contributed by atoms with Gasteiger partial charge in [-0.25, -0.2) is 0 Å². The molecule has 0 aromatic rings. The maximum Gasteiger partial charge on any atom is 0.0906 e. The smallest absolute Gasteiger partial charge is 0.0906 e. The Bertz CT molecular complexity index is 63.1. The van der Waals surface area contributed by atoms with Crippen molar-refractivity contribution in [2.75, 3.05) is 25.1 Å². The summed E-state index contributed by atoms with van der Waals surface area (Å²) in [6.45, 7) is 1.66. The van der Waals surface area contributed by atoms with E-state index in [4.69, 9.17) is 0 Å². The number of halogens is 2. The van der Waals surface area contributed by atoms with E-state index >= 15 is 0 Å². The lowest BCUT2D eigenvalue weighted by Gasteiger charge is -2.01. The Morgan fingerprint density at radius 3 is 2.36 bits per heavy atom. The molecule has 0 fully saturated rings. The molecule has 0 rings (SSSR count). The summed E-state index contributed by atoms with van der Waals surface area (Å²) >= 11 is 3.37. The van der Waals surface area contributed by atoms with Gasteiger partial charge in [-0.15, -0.1) is 0 Å². The van der Waals surface area contributed by atoms with E-state index in [-0.39, 0.29) is 6.67 Å². The summed E-state index contributed by atoms with van der Waals surface area (Å²) in [5, 5.41) is 4.28. The maximum atomic E-state index is 11.6. The van der Waals surface area contributed by atoms with Gasteiger partial charge < -0.3 is 5.32 Å². The fourth-order valence-corrected chi connectivity index (χ4v) is 1.23. The van der Waals surface area contributed by atoms with Crippen molar-refractivity contribution in [2.45, 2.75) is 25.7 Å². The number of hydrogen-bond acceptors (Lipinski definition) is 1. The van der Waals surface area contributed by atoms with Gasteiger partial charge in [0.25, 0.3) is 0 Å². The zero-order valence-corrected chi connectivity index (χ0v) is 8.50. The van der Waals surface area contributed by atoms with Crippen LogP contribution in [0.15, 0.2) is 0 Å². The van der Waals surface area contributed by atoms with Gasteiger partial charge in [0.05, 0.1) is 6.67 Å². The van der Waals surface area contributed by atoms with Gasteiger partial charge in [-0.2, -0.15) is 0 Å². The van der Waals surface area contributed by atoms with Crippen LogP contribution in [0.25, 0.3) is 0 Å². The van der Waals surface area contributed by atoms with Crippen LogP contribution in [0, 0.1) is 0 Å². The van der Waals surface area contributed by atoms with Crippen molar-refractivity contribution in [3.05, 3.63) is 0 Å². The molecule has 1 nitrogen and oxygen atoms in total. The number of hydrogen-bond donors (Lipinski definition) is 1. The minimum absolute atomic E-state index is 0.200. The highest BCUT2D eigenvalue weighted by atomic mass is 79.9. The van der Waals surface area contributed by atoms with Gasteiger partial charge in [0.15, 0.2) is 0 Å². The third kappa shape index (κ3) is 10.4. The number of alkyl halides is 2. The van der Waals surface area contributed by atoms with Crippen molar-refractivity contribution in [2.24, 2.45) is 0 Å². The largest absolute Gasteiger partial charge is 0.317 e. The second-order valence-corrected chi connectivity index (χ2v) is 3.34. The van der Waals surface area contributed by atoms with Crippen LogP contribution in [0.4, 0.5) is 4.39 Å². The minimum atomic E-state index is -0.200. The second kappa shape index (κ2) is 10.4. The first kappa shape index (κ1) is 11.4. The molecular weight excluding hydrogens is 209 g/mol. The lowest BCUT2D eigenvalue weighted by molar-refractivity contribution is 0.457. The Hall–Kier alpha value is 0.370. The molecule has 0 atom stereocenters. The zero-order valence-electron chi connectivity index (χ0n) is 6.91. The molecule has 0 saturated heterocycles. The Balaban J connectivity index is 2.69. The quantitative estimate of drug-likeness (QED) is 0.495. The van der Waals surface area contributed by atoms with E-state index in [1.54, 1.807) is 0 Å². The summed E-state index contributed by atoms with van der Waals surface area (Å²) in [5.41, 5.74) is 0. The molecule has 68 valence electrons. The number of unbranched alkanes of at least 4 members (excludes halogenated alkanes) is 2. The van der Waals surface area contributed by atoms with Crippen molar-refractivity contribution in [1.29, 1.82) is 0 Å². The van der Waals surface area contributed by atoms with Crippen LogP contribution in [-0.4, -0.2) is 25.1 Å². The SMILES string of the molecule is FCCCNCCCCCBr. The second-order valence-electron chi connectivity index (χ2n) is 2.54. The summed E-state index contributed by atoms with van der Waals surface area (Å²) in [6.07, 6.45) is 4.36. The third-order valence-electron chi connectivity index (χ3n) is 1.47. The Morgan fingerprint density at radius 1 is 1.00 bits per heavy atom. The van der Waals surface area contributed by atoms with Crippen molar-refractivity contribution >= 4 is 15.9 Å². The summed E-state index contributed by atoms with van der Waals surface area (Å²) in [5.74, 6) is 0. The molecule has 0 radical (unpaired) electrons. The van der Waals surface area contributed by atoms with E-state index in [0.29, 0.717) is 6.42 Å². The van der Waals surface area contributed by atoms with Gasteiger partial charge in [0, 0.05) is 5.33 Å². The van der Waals surface area contributed by atoms with Crippen LogP contribution in [0.3, 0.4) is 0 Å². The van der Waals surface area contributed by atoms with Crippen molar-refractivity contribution in [3.63, 3.8) is 0 Å². The molecule has 0 aromatic carbocycles. The van der Waals surface area contributed by atoms with E-state index in [2.05, 4.69) is 21.2 Å². The zero-order chi connectivity index (χ0) is 8.36. The minimum Gasteiger partial charge on any atom is -0.317 e. The standard InChI is InChI=1S/C8H17BrFN/c9-5-2-1-3-7-11-8-4-6-10/h11H,1-8H2. The molecule has 0 spiro atoms. The monoisotopic (exact) mass is 225 g/mol. The molecular formula is C8H17BrFN. The molecule has 0 aliphatic rings. The van der Waals surface area contributed by atoms with Crippen LogP contribution in [0.5, 0.6) is 0 Å². The Kier molecular flexibility index (Phi) is 10.7. The molecule has 11 heavy (non-hydrogen) atoms. The molecule has 1 N–H and O–H groups in total. The van der Waals surface area contributed by atoms with Crippen molar-refractivity contribution < 1.29 is 4.39 Å². The molecule has 0 aliphatic heterocycles. The van der Waals surface area contributed by atoms with E-state index in [9.17, 15) is 4.39 Å². The van der Waals surface area contributed by atoms with Crippen molar-refractivity contribution in [3.8, 4) is 0 Å². The van der Waals surface area contributed by atoms with Crippen LogP contribution in [0.2, 0.25) is 0 Å². The third-order valence-corrected chi connectivity index (χ3v) is 2.04. The van der Waals surface area contributed by atoms with Crippen LogP contribution in [0.1, 0.15) is 25.7 Å². The highest BCUT2D eigenvalue weighted by Crippen LogP contribution is 1.96. The summed E-state index contributed by atoms with van der Waals surface area (Å²) in [6, 6.07) is 0. The van der Waals surface area contributed by atoms with Gasteiger partial charge >= 0.3 is 0 Å². The topological polar surface area (TPSA) is 12.0 Å². The molecule has 0 saturated carbocycles. The van der Waals surface area contributed by atoms with E-state index in [1.165, 1.54) is 19.3 Å². The van der Waals surface area contributed by atoms with E-state index in [1.807, 2.05) is 0 Å². The molecule has 0 amide bonds. The van der Waals surface area contributed by atoms with Gasteiger partial charge in [-0.1, -0.05) is 22.4 Å². The molecule has 0 unspecified atom stereocenters. The highest BCUT2D eigenvalue weighted by molar-refractivity contribution is 9.09. The van der Waals surface area contributed by atoms with E-state index < -0.39 is 0 Å². The summed E-state index contributed by atoms with van der Waals surface area (Å²) in [7, 11) is 0. The number of rotatable bonds is 8. The van der Waals surface area contributed by atoms with E-state index in [0.717, 1.165) is 18.4 Å². The molecule has 0 aromatic heterocycles. The fraction of sp³-hybridized carbons (Fsp3) is 1.00. The first-order valence-corrected chi connectivity index (χ1v) is 5.36. The van der Waals surface area contributed by atoms with Crippen LogP contribution in [-0.2, 0) is 0 Å².